The van der Waals surface area contributed by atoms with Crippen LogP contribution in [-0.4, -0.2) is 25.1 Å². The first-order chi connectivity index (χ1) is 12.5. The monoisotopic (exact) mass is 355 g/mol. The number of hydrogen-bond acceptors (Lipinski definition) is 4. The van der Waals surface area contributed by atoms with Gasteiger partial charge in [-0.2, -0.15) is 0 Å². The molecule has 5 heteroatoms. The lowest BCUT2D eigenvalue weighted by Crippen LogP contribution is -2.23. The van der Waals surface area contributed by atoms with Crippen molar-refractivity contribution in [3.8, 4) is 5.75 Å². The lowest BCUT2D eigenvalue weighted by atomic mass is 9.98. The minimum atomic E-state index is -0.581. The predicted octanol–water partition coefficient (Wildman–Crippen LogP) is 4.07. The van der Waals surface area contributed by atoms with Gasteiger partial charge in [0.25, 0.3) is 5.91 Å². The number of hydrogen-bond donors (Lipinski definition) is 1. The number of esters is 1. The zero-order valence-electron chi connectivity index (χ0n) is 15.5. The normalized spacial score (nSPS) is 11.5. The Hall–Kier alpha value is -2.82. The van der Waals surface area contributed by atoms with Gasteiger partial charge in [-0.3, -0.25) is 4.79 Å². The summed E-state index contributed by atoms with van der Waals surface area (Å²) in [7, 11) is 0. The molecule has 0 radical (unpaired) electrons. The molecule has 2 rings (SSSR count). The number of amides is 1. The van der Waals surface area contributed by atoms with Crippen molar-refractivity contribution >= 4 is 17.6 Å². The molecular formula is C21H25NO4. The number of carbonyl (C=O) groups excluding carboxylic acids is 2. The smallest absolute Gasteiger partial charge is 0.344 e. The first-order valence-corrected chi connectivity index (χ1v) is 8.73. The van der Waals surface area contributed by atoms with Crippen molar-refractivity contribution in [2.45, 2.75) is 33.1 Å². The molecule has 0 heterocycles. The molecule has 0 bridgehead atoms. The topological polar surface area (TPSA) is 64.6 Å². The molecule has 138 valence electrons. The van der Waals surface area contributed by atoms with Crippen LogP contribution in [0.5, 0.6) is 5.75 Å². The predicted molar refractivity (Wildman–Crippen MR) is 101 cm³/mol. The number of ether oxygens (including phenoxy) is 2. The first-order valence-electron chi connectivity index (χ1n) is 8.73. The second kappa shape index (κ2) is 9.61. The Morgan fingerprint density at radius 2 is 1.73 bits per heavy atom. The largest absolute Gasteiger partial charge is 0.482 e. The van der Waals surface area contributed by atoms with Gasteiger partial charge >= 0.3 is 5.97 Å². The van der Waals surface area contributed by atoms with Crippen molar-refractivity contribution in [3.63, 3.8) is 0 Å². The van der Waals surface area contributed by atoms with Crippen LogP contribution < -0.4 is 10.1 Å². The van der Waals surface area contributed by atoms with E-state index in [0.717, 1.165) is 17.5 Å². The molecule has 0 aliphatic carbocycles. The number of rotatable bonds is 8. The molecule has 0 aromatic heterocycles. The number of carbonyl (C=O) groups is 2. The van der Waals surface area contributed by atoms with Crippen molar-refractivity contribution in [3.05, 3.63) is 59.7 Å². The molecule has 5 nitrogen and oxygen atoms in total. The van der Waals surface area contributed by atoms with Gasteiger partial charge in [0.1, 0.15) is 5.75 Å². The van der Waals surface area contributed by atoms with Crippen LogP contribution in [0.15, 0.2) is 48.5 Å². The maximum Gasteiger partial charge on any atom is 0.344 e. The van der Waals surface area contributed by atoms with E-state index in [0.29, 0.717) is 17.4 Å². The van der Waals surface area contributed by atoms with Crippen LogP contribution in [0.4, 0.5) is 5.69 Å². The van der Waals surface area contributed by atoms with Crippen LogP contribution in [0.1, 0.15) is 37.3 Å². The number of benzene rings is 2. The number of anilines is 1. The van der Waals surface area contributed by atoms with E-state index in [9.17, 15) is 9.59 Å². The molecule has 2 aromatic carbocycles. The molecule has 1 amide bonds. The summed E-state index contributed by atoms with van der Waals surface area (Å²) in [6.45, 7) is 5.60. The van der Waals surface area contributed by atoms with Crippen molar-refractivity contribution in [1.82, 2.24) is 0 Å². The number of para-hydroxylation sites is 1. The fourth-order valence-corrected chi connectivity index (χ4v) is 2.40. The summed E-state index contributed by atoms with van der Waals surface area (Å²) in [5.41, 5.74) is 2.82. The third-order valence-corrected chi connectivity index (χ3v) is 4.11. The van der Waals surface area contributed by atoms with Gasteiger partial charge in [-0.1, -0.05) is 49.7 Å². The zero-order valence-corrected chi connectivity index (χ0v) is 15.5. The lowest BCUT2D eigenvalue weighted by molar-refractivity contribution is -0.149. The van der Waals surface area contributed by atoms with E-state index in [1.54, 1.807) is 12.1 Å². The highest BCUT2D eigenvalue weighted by molar-refractivity contribution is 5.92. The standard InChI is InChI=1S/C21H25NO4/c1-4-16(3)18-7-5-6-8-19(18)25-14-21(24)26-13-20(23)22-17-11-9-15(2)10-12-17/h5-12,16H,4,13-14H2,1-3H3,(H,22,23). The summed E-state index contributed by atoms with van der Waals surface area (Å²) < 4.78 is 10.6. The van der Waals surface area contributed by atoms with Gasteiger partial charge in [-0.05, 0) is 43.0 Å². The third-order valence-electron chi connectivity index (χ3n) is 4.11. The highest BCUT2D eigenvalue weighted by Crippen LogP contribution is 2.28. The van der Waals surface area contributed by atoms with E-state index in [1.165, 1.54) is 0 Å². The lowest BCUT2D eigenvalue weighted by Gasteiger charge is -2.15. The molecule has 1 N–H and O–H groups in total. The van der Waals surface area contributed by atoms with Crippen LogP contribution >= 0.6 is 0 Å². The maximum atomic E-state index is 11.8. The Kier molecular flexibility index (Phi) is 7.21. The molecular weight excluding hydrogens is 330 g/mol. The van der Waals surface area contributed by atoms with Crippen molar-refractivity contribution < 1.29 is 19.1 Å². The molecule has 0 saturated carbocycles. The van der Waals surface area contributed by atoms with E-state index >= 15 is 0 Å². The van der Waals surface area contributed by atoms with E-state index in [4.69, 9.17) is 9.47 Å². The minimum absolute atomic E-state index is 0.231. The van der Waals surface area contributed by atoms with E-state index in [-0.39, 0.29) is 19.1 Å². The summed E-state index contributed by atoms with van der Waals surface area (Å²) in [5.74, 6) is 0.0376. The van der Waals surface area contributed by atoms with Gasteiger partial charge < -0.3 is 14.8 Å². The Morgan fingerprint density at radius 3 is 2.42 bits per heavy atom. The fourth-order valence-electron chi connectivity index (χ4n) is 2.40. The summed E-state index contributed by atoms with van der Waals surface area (Å²) in [4.78, 5) is 23.7. The van der Waals surface area contributed by atoms with Crippen LogP contribution in [-0.2, 0) is 14.3 Å². The number of aryl methyl sites for hydroxylation is 1. The highest BCUT2D eigenvalue weighted by Gasteiger charge is 2.13. The molecule has 2 aromatic rings. The van der Waals surface area contributed by atoms with Crippen LogP contribution in [0.2, 0.25) is 0 Å². The van der Waals surface area contributed by atoms with Crippen molar-refractivity contribution in [1.29, 1.82) is 0 Å². The number of nitrogens with one attached hydrogen (secondary N) is 1. The molecule has 1 atom stereocenters. The van der Waals surface area contributed by atoms with Gasteiger partial charge in [0.15, 0.2) is 13.2 Å². The Bertz CT molecular complexity index is 740. The van der Waals surface area contributed by atoms with Crippen LogP contribution in [0.25, 0.3) is 0 Å². The second-order valence-corrected chi connectivity index (χ2v) is 6.21. The fraction of sp³-hybridized carbons (Fsp3) is 0.333. The van der Waals surface area contributed by atoms with Crippen molar-refractivity contribution in [2.24, 2.45) is 0 Å². The molecule has 0 saturated heterocycles. The molecule has 0 aliphatic rings. The van der Waals surface area contributed by atoms with E-state index in [2.05, 4.69) is 19.2 Å². The molecule has 1 unspecified atom stereocenters. The Morgan fingerprint density at radius 1 is 1.04 bits per heavy atom. The third kappa shape index (κ3) is 5.92. The van der Waals surface area contributed by atoms with Gasteiger partial charge in [-0.25, -0.2) is 4.79 Å². The van der Waals surface area contributed by atoms with Gasteiger partial charge in [0.05, 0.1) is 0 Å². The van der Waals surface area contributed by atoms with E-state index < -0.39 is 5.97 Å². The Labute approximate surface area is 154 Å². The van der Waals surface area contributed by atoms with Crippen LogP contribution in [0, 0.1) is 6.92 Å². The van der Waals surface area contributed by atoms with Gasteiger partial charge in [-0.15, -0.1) is 0 Å². The van der Waals surface area contributed by atoms with E-state index in [1.807, 2.05) is 43.3 Å². The summed E-state index contributed by atoms with van der Waals surface area (Å²) in [6.07, 6.45) is 0.976. The molecule has 0 fully saturated rings. The second-order valence-electron chi connectivity index (χ2n) is 6.21. The first kappa shape index (κ1) is 19.5. The average molecular weight is 355 g/mol. The highest BCUT2D eigenvalue weighted by atomic mass is 16.6. The van der Waals surface area contributed by atoms with Crippen LogP contribution in [0.3, 0.4) is 0 Å². The average Bonchev–Trinajstić information content (AvgIpc) is 2.66. The molecule has 0 spiro atoms. The van der Waals surface area contributed by atoms with Crippen molar-refractivity contribution in [2.75, 3.05) is 18.5 Å². The summed E-state index contributed by atoms with van der Waals surface area (Å²) >= 11 is 0. The quantitative estimate of drug-likeness (QED) is 0.725. The summed E-state index contributed by atoms with van der Waals surface area (Å²) in [5, 5.41) is 2.67. The van der Waals surface area contributed by atoms with Gasteiger partial charge in [0, 0.05) is 5.69 Å². The van der Waals surface area contributed by atoms with Gasteiger partial charge in [0.2, 0.25) is 0 Å². The summed E-state index contributed by atoms with van der Waals surface area (Å²) in [6, 6.07) is 15.0. The minimum Gasteiger partial charge on any atom is -0.482 e. The maximum absolute atomic E-state index is 11.8. The molecule has 26 heavy (non-hydrogen) atoms. The Balaban J connectivity index is 1.79. The SMILES string of the molecule is CCC(C)c1ccccc1OCC(=O)OCC(=O)Nc1ccc(C)cc1. The zero-order chi connectivity index (χ0) is 18.9. The molecule has 0 aliphatic heterocycles.